The Morgan fingerprint density at radius 1 is 1.27 bits per heavy atom. The third-order valence-corrected chi connectivity index (χ3v) is 5.91. The second kappa shape index (κ2) is 7.55. The lowest BCUT2D eigenvalue weighted by atomic mass is 10.00. The van der Waals surface area contributed by atoms with Crippen molar-refractivity contribution >= 4 is 10.0 Å². The molecular weight excluding hydrogens is 298 g/mol. The Labute approximate surface area is 134 Å². The second-order valence-electron chi connectivity index (χ2n) is 6.31. The normalized spacial score (nSPS) is 20.5. The van der Waals surface area contributed by atoms with Gasteiger partial charge in [-0.15, -0.1) is 0 Å². The minimum Gasteiger partial charge on any atom is -0.319 e. The van der Waals surface area contributed by atoms with Gasteiger partial charge in [-0.05, 0) is 64.1 Å². The van der Waals surface area contributed by atoms with Gasteiger partial charge < -0.3 is 10.2 Å². The van der Waals surface area contributed by atoms with E-state index in [9.17, 15) is 8.42 Å². The lowest BCUT2D eigenvalue weighted by molar-refractivity contribution is 0.263. The maximum Gasteiger partial charge on any atom is 0.243 e. The van der Waals surface area contributed by atoms with Gasteiger partial charge in [0.15, 0.2) is 0 Å². The molecule has 1 aliphatic rings. The van der Waals surface area contributed by atoms with Crippen LogP contribution in [0.4, 0.5) is 0 Å². The topological polar surface area (TPSA) is 52.7 Å². The number of hydrogen-bond donors (Lipinski definition) is 1. The van der Waals surface area contributed by atoms with Gasteiger partial charge in [0.1, 0.15) is 0 Å². The molecule has 0 bridgehead atoms. The molecule has 0 amide bonds. The quantitative estimate of drug-likeness (QED) is 0.858. The molecule has 1 heterocycles. The molecule has 1 aliphatic heterocycles. The predicted octanol–water partition coefficient (Wildman–Crippen LogP) is 1.37. The van der Waals surface area contributed by atoms with E-state index in [2.05, 4.69) is 10.2 Å². The van der Waals surface area contributed by atoms with Gasteiger partial charge in [0.25, 0.3) is 0 Å². The summed E-state index contributed by atoms with van der Waals surface area (Å²) in [6.45, 7) is 2.92. The Morgan fingerprint density at radius 2 is 1.95 bits per heavy atom. The maximum atomic E-state index is 12.8. The Kier molecular flexibility index (Phi) is 5.97. The fraction of sp³-hybridized carbons (Fsp3) is 0.625. The van der Waals surface area contributed by atoms with Crippen LogP contribution in [-0.4, -0.2) is 58.4 Å². The number of sulfonamides is 1. The fourth-order valence-corrected chi connectivity index (χ4v) is 4.54. The van der Waals surface area contributed by atoms with Crippen molar-refractivity contribution < 1.29 is 8.42 Å². The molecule has 124 valence electrons. The highest BCUT2D eigenvalue weighted by Gasteiger charge is 2.29. The zero-order valence-electron chi connectivity index (χ0n) is 13.7. The van der Waals surface area contributed by atoms with E-state index in [0.717, 1.165) is 31.5 Å². The van der Waals surface area contributed by atoms with Gasteiger partial charge in [-0.1, -0.05) is 12.1 Å². The molecule has 1 fully saturated rings. The first-order valence-corrected chi connectivity index (χ1v) is 9.26. The van der Waals surface area contributed by atoms with E-state index in [0.29, 0.717) is 23.9 Å². The van der Waals surface area contributed by atoms with E-state index in [1.54, 1.807) is 16.4 Å². The predicted molar refractivity (Wildman–Crippen MR) is 89.2 cm³/mol. The van der Waals surface area contributed by atoms with Crippen molar-refractivity contribution in [3.8, 4) is 0 Å². The highest BCUT2D eigenvalue weighted by Crippen LogP contribution is 2.23. The standard InChI is InChI=1S/C16H27N3O2S/c1-17-11-15-5-4-10-19(13-15)22(20,21)16-8-6-14(7-9-16)12-18(2)3/h6-9,15,17H,4-5,10-13H2,1-3H3. The Morgan fingerprint density at radius 3 is 2.55 bits per heavy atom. The van der Waals surface area contributed by atoms with Crippen LogP contribution in [0.1, 0.15) is 18.4 Å². The lowest BCUT2D eigenvalue weighted by Crippen LogP contribution is -2.42. The van der Waals surface area contributed by atoms with E-state index in [1.807, 2.05) is 33.3 Å². The summed E-state index contributed by atoms with van der Waals surface area (Å²) in [6, 6.07) is 7.27. The average Bonchev–Trinajstić information content (AvgIpc) is 2.48. The van der Waals surface area contributed by atoms with Crippen molar-refractivity contribution in [1.82, 2.24) is 14.5 Å². The van der Waals surface area contributed by atoms with Crippen molar-refractivity contribution in [1.29, 1.82) is 0 Å². The minimum absolute atomic E-state index is 0.403. The Bertz CT molecular complexity index is 568. The van der Waals surface area contributed by atoms with Crippen LogP contribution in [0.2, 0.25) is 0 Å². The van der Waals surface area contributed by atoms with Crippen molar-refractivity contribution in [2.75, 3.05) is 40.8 Å². The molecule has 1 N–H and O–H groups in total. The van der Waals surface area contributed by atoms with E-state index < -0.39 is 10.0 Å². The van der Waals surface area contributed by atoms with Crippen molar-refractivity contribution in [2.24, 2.45) is 5.92 Å². The first-order chi connectivity index (χ1) is 10.4. The van der Waals surface area contributed by atoms with Crippen LogP contribution in [0, 0.1) is 5.92 Å². The Balaban J connectivity index is 2.12. The highest BCUT2D eigenvalue weighted by atomic mass is 32.2. The summed E-state index contributed by atoms with van der Waals surface area (Å²) in [4.78, 5) is 2.47. The molecule has 5 nitrogen and oxygen atoms in total. The van der Waals surface area contributed by atoms with Gasteiger partial charge in [-0.3, -0.25) is 0 Å². The molecule has 1 aromatic carbocycles. The zero-order chi connectivity index (χ0) is 16.2. The molecule has 0 aliphatic carbocycles. The van der Waals surface area contributed by atoms with Gasteiger partial charge in [0.05, 0.1) is 4.90 Å². The van der Waals surface area contributed by atoms with Gasteiger partial charge in [0.2, 0.25) is 10.0 Å². The van der Waals surface area contributed by atoms with Crippen LogP contribution < -0.4 is 5.32 Å². The van der Waals surface area contributed by atoms with Crippen LogP contribution in [0.3, 0.4) is 0 Å². The first-order valence-electron chi connectivity index (χ1n) is 7.82. The largest absolute Gasteiger partial charge is 0.319 e. The zero-order valence-corrected chi connectivity index (χ0v) is 14.6. The molecule has 0 aromatic heterocycles. The fourth-order valence-electron chi connectivity index (χ4n) is 2.98. The molecule has 6 heteroatoms. The SMILES string of the molecule is CNCC1CCCN(S(=O)(=O)c2ccc(CN(C)C)cc2)C1. The molecule has 0 saturated carbocycles. The summed E-state index contributed by atoms with van der Waals surface area (Å²) in [6.07, 6.45) is 2.03. The number of nitrogens with zero attached hydrogens (tertiary/aromatic N) is 2. The number of benzene rings is 1. The first kappa shape index (κ1) is 17.4. The number of hydrogen-bond acceptors (Lipinski definition) is 4. The summed E-state index contributed by atoms with van der Waals surface area (Å²) in [5.74, 6) is 0.404. The third kappa shape index (κ3) is 4.29. The molecule has 1 saturated heterocycles. The van der Waals surface area contributed by atoms with Crippen LogP contribution >= 0.6 is 0 Å². The number of nitrogens with one attached hydrogen (secondary N) is 1. The van der Waals surface area contributed by atoms with Gasteiger partial charge in [0, 0.05) is 19.6 Å². The molecule has 2 rings (SSSR count). The van der Waals surface area contributed by atoms with Crippen LogP contribution in [0.15, 0.2) is 29.2 Å². The Hall–Kier alpha value is -0.950. The highest BCUT2D eigenvalue weighted by molar-refractivity contribution is 7.89. The monoisotopic (exact) mass is 325 g/mol. The molecule has 1 unspecified atom stereocenters. The summed E-state index contributed by atoms with van der Waals surface area (Å²) in [5.41, 5.74) is 1.12. The van der Waals surface area contributed by atoms with Crippen molar-refractivity contribution in [3.63, 3.8) is 0 Å². The molecule has 22 heavy (non-hydrogen) atoms. The average molecular weight is 325 g/mol. The summed E-state index contributed by atoms with van der Waals surface area (Å²) in [7, 11) is 2.55. The van der Waals surface area contributed by atoms with Gasteiger partial charge in [-0.25, -0.2) is 8.42 Å². The third-order valence-electron chi connectivity index (χ3n) is 4.03. The lowest BCUT2D eigenvalue weighted by Gasteiger charge is -2.31. The van der Waals surface area contributed by atoms with Gasteiger partial charge >= 0.3 is 0 Å². The molecular formula is C16H27N3O2S. The number of piperidine rings is 1. The van der Waals surface area contributed by atoms with E-state index >= 15 is 0 Å². The summed E-state index contributed by atoms with van der Waals surface area (Å²) in [5, 5.41) is 3.15. The molecule has 0 spiro atoms. The number of rotatable bonds is 6. The van der Waals surface area contributed by atoms with Crippen LogP contribution in [0.5, 0.6) is 0 Å². The molecule has 1 aromatic rings. The van der Waals surface area contributed by atoms with E-state index in [-0.39, 0.29) is 0 Å². The molecule has 1 atom stereocenters. The summed E-state index contributed by atoms with van der Waals surface area (Å²) < 4.78 is 27.2. The minimum atomic E-state index is -3.37. The van der Waals surface area contributed by atoms with Crippen LogP contribution in [-0.2, 0) is 16.6 Å². The second-order valence-corrected chi connectivity index (χ2v) is 8.25. The van der Waals surface area contributed by atoms with Gasteiger partial charge in [-0.2, -0.15) is 4.31 Å². The van der Waals surface area contributed by atoms with E-state index in [4.69, 9.17) is 0 Å². The smallest absolute Gasteiger partial charge is 0.243 e. The maximum absolute atomic E-state index is 12.8. The van der Waals surface area contributed by atoms with Crippen molar-refractivity contribution in [3.05, 3.63) is 29.8 Å². The molecule has 0 radical (unpaired) electrons. The summed E-state index contributed by atoms with van der Waals surface area (Å²) >= 11 is 0. The van der Waals surface area contributed by atoms with Crippen LogP contribution in [0.25, 0.3) is 0 Å². The van der Waals surface area contributed by atoms with E-state index in [1.165, 1.54) is 0 Å². The van der Waals surface area contributed by atoms with Crippen molar-refractivity contribution in [2.45, 2.75) is 24.3 Å².